The minimum absolute atomic E-state index is 0.194. The third-order valence-electron chi connectivity index (χ3n) is 3.04. The molecule has 0 atom stereocenters. The van der Waals surface area contributed by atoms with Gasteiger partial charge in [-0.2, -0.15) is 0 Å². The number of hydrogen-bond acceptors (Lipinski definition) is 2. The Bertz CT molecular complexity index is 774. The molecule has 0 radical (unpaired) electrons. The minimum Gasteiger partial charge on any atom is -0.278 e. The van der Waals surface area contributed by atoms with E-state index in [0.717, 1.165) is 5.69 Å². The number of rotatable bonds is 3. The first-order chi connectivity index (χ1) is 10.2. The fourth-order valence-electron chi connectivity index (χ4n) is 2.10. The van der Waals surface area contributed by atoms with Gasteiger partial charge in [0, 0.05) is 10.2 Å². The summed E-state index contributed by atoms with van der Waals surface area (Å²) in [5.41, 5.74) is 1.22. The standard InChI is InChI=1S/C15H10BrClFN3/c16-10-6-7-12(13(18)8-10)15-20-19-14(9-17)21(15)11-4-2-1-3-5-11/h1-8H,9H2. The number of halogens is 3. The van der Waals surface area contributed by atoms with E-state index in [4.69, 9.17) is 11.6 Å². The lowest BCUT2D eigenvalue weighted by molar-refractivity contribution is 0.628. The normalized spacial score (nSPS) is 10.8. The van der Waals surface area contributed by atoms with Crippen molar-refractivity contribution in [2.24, 2.45) is 0 Å². The van der Waals surface area contributed by atoms with Crippen molar-refractivity contribution in [2.45, 2.75) is 5.88 Å². The average molecular weight is 367 g/mol. The topological polar surface area (TPSA) is 30.7 Å². The molecule has 0 saturated carbocycles. The van der Waals surface area contributed by atoms with E-state index in [0.29, 0.717) is 21.7 Å². The lowest BCUT2D eigenvalue weighted by atomic mass is 10.2. The molecule has 0 aliphatic heterocycles. The number of para-hydroxylation sites is 1. The van der Waals surface area contributed by atoms with Crippen LogP contribution in [0.3, 0.4) is 0 Å². The van der Waals surface area contributed by atoms with Gasteiger partial charge in [-0.1, -0.05) is 34.1 Å². The van der Waals surface area contributed by atoms with E-state index in [-0.39, 0.29) is 11.7 Å². The zero-order valence-corrected chi connectivity index (χ0v) is 13.1. The minimum atomic E-state index is -0.366. The molecule has 0 bridgehead atoms. The molecule has 0 aliphatic rings. The maximum Gasteiger partial charge on any atom is 0.171 e. The summed E-state index contributed by atoms with van der Waals surface area (Å²) in [4.78, 5) is 0. The molecule has 0 spiro atoms. The molecule has 2 aromatic carbocycles. The average Bonchev–Trinajstić information content (AvgIpc) is 2.92. The lowest BCUT2D eigenvalue weighted by Crippen LogP contribution is -2.02. The summed E-state index contributed by atoms with van der Waals surface area (Å²) in [6.07, 6.45) is 0. The van der Waals surface area contributed by atoms with Crippen molar-refractivity contribution >= 4 is 27.5 Å². The number of nitrogens with zero attached hydrogens (tertiary/aromatic N) is 3. The fraction of sp³-hybridized carbons (Fsp3) is 0.0667. The Balaban J connectivity index is 2.22. The van der Waals surface area contributed by atoms with Crippen LogP contribution < -0.4 is 0 Å². The molecule has 106 valence electrons. The van der Waals surface area contributed by atoms with Crippen LogP contribution in [0.5, 0.6) is 0 Å². The molecule has 0 N–H and O–H groups in total. The molecule has 0 aliphatic carbocycles. The van der Waals surface area contributed by atoms with Crippen LogP contribution in [0.1, 0.15) is 5.82 Å². The number of aromatic nitrogens is 3. The van der Waals surface area contributed by atoms with E-state index in [9.17, 15) is 4.39 Å². The molecule has 3 rings (SSSR count). The van der Waals surface area contributed by atoms with E-state index < -0.39 is 0 Å². The Labute approximate surface area is 134 Å². The highest BCUT2D eigenvalue weighted by molar-refractivity contribution is 9.10. The summed E-state index contributed by atoms with van der Waals surface area (Å²) in [6, 6.07) is 14.3. The quantitative estimate of drug-likeness (QED) is 0.636. The third kappa shape index (κ3) is 2.71. The van der Waals surface area contributed by atoms with Crippen molar-refractivity contribution < 1.29 is 4.39 Å². The van der Waals surface area contributed by atoms with Crippen molar-refractivity contribution in [3.63, 3.8) is 0 Å². The van der Waals surface area contributed by atoms with Gasteiger partial charge >= 0.3 is 0 Å². The van der Waals surface area contributed by atoms with Gasteiger partial charge in [0.25, 0.3) is 0 Å². The first-order valence-corrected chi connectivity index (χ1v) is 7.54. The molecular weight excluding hydrogens is 357 g/mol. The first kappa shape index (κ1) is 14.2. The smallest absolute Gasteiger partial charge is 0.171 e. The van der Waals surface area contributed by atoms with Crippen molar-refractivity contribution in [1.29, 1.82) is 0 Å². The van der Waals surface area contributed by atoms with Crippen LogP contribution in [0.25, 0.3) is 17.1 Å². The van der Waals surface area contributed by atoms with E-state index in [1.807, 2.05) is 30.3 Å². The number of benzene rings is 2. The van der Waals surface area contributed by atoms with Crippen molar-refractivity contribution in [1.82, 2.24) is 14.8 Å². The maximum absolute atomic E-state index is 14.2. The van der Waals surface area contributed by atoms with Crippen molar-refractivity contribution in [3.05, 3.63) is 64.6 Å². The summed E-state index contributed by atoms with van der Waals surface area (Å²) in [7, 11) is 0. The van der Waals surface area contributed by atoms with E-state index in [1.165, 1.54) is 6.07 Å². The Morgan fingerprint density at radius 2 is 1.86 bits per heavy atom. The Hall–Kier alpha value is -1.72. The van der Waals surface area contributed by atoms with Gasteiger partial charge in [-0.3, -0.25) is 4.57 Å². The van der Waals surface area contributed by atoms with Crippen LogP contribution in [0, 0.1) is 5.82 Å². The first-order valence-electron chi connectivity index (χ1n) is 6.22. The molecule has 1 aromatic heterocycles. The maximum atomic E-state index is 14.2. The molecule has 1 heterocycles. The summed E-state index contributed by atoms with van der Waals surface area (Å²) in [5.74, 6) is 0.831. The molecule has 0 amide bonds. The van der Waals surface area contributed by atoms with Crippen LogP contribution in [0.15, 0.2) is 53.0 Å². The highest BCUT2D eigenvalue weighted by atomic mass is 79.9. The van der Waals surface area contributed by atoms with Gasteiger partial charge in [0.15, 0.2) is 11.6 Å². The largest absolute Gasteiger partial charge is 0.278 e. The highest BCUT2D eigenvalue weighted by Crippen LogP contribution is 2.27. The van der Waals surface area contributed by atoms with Crippen molar-refractivity contribution in [3.8, 4) is 17.1 Å². The molecule has 0 fully saturated rings. The molecule has 6 heteroatoms. The van der Waals surface area contributed by atoms with Gasteiger partial charge < -0.3 is 0 Å². The number of alkyl halides is 1. The van der Waals surface area contributed by atoms with Crippen molar-refractivity contribution in [2.75, 3.05) is 0 Å². The van der Waals surface area contributed by atoms with Gasteiger partial charge in [-0.25, -0.2) is 4.39 Å². The fourth-order valence-corrected chi connectivity index (χ4v) is 2.60. The van der Waals surface area contributed by atoms with Gasteiger partial charge in [-0.15, -0.1) is 21.8 Å². The van der Waals surface area contributed by atoms with Crippen LogP contribution >= 0.6 is 27.5 Å². The van der Waals surface area contributed by atoms with Crippen LogP contribution in [0.4, 0.5) is 4.39 Å². The SMILES string of the molecule is Fc1cc(Br)ccc1-c1nnc(CCl)n1-c1ccccc1. The van der Waals surface area contributed by atoms with Gasteiger partial charge in [0.05, 0.1) is 11.4 Å². The van der Waals surface area contributed by atoms with Gasteiger partial charge in [0.1, 0.15) is 5.82 Å². The predicted molar refractivity (Wildman–Crippen MR) is 84.0 cm³/mol. The van der Waals surface area contributed by atoms with E-state index in [2.05, 4.69) is 26.1 Å². The van der Waals surface area contributed by atoms with Gasteiger partial charge in [0.2, 0.25) is 0 Å². The lowest BCUT2D eigenvalue weighted by Gasteiger charge is -2.10. The van der Waals surface area contributed by atoms with Crippen LogP contribution in [-0.4, -0.2) is 14.8 Å². The third-order valence-corrected chi connectivity index (χ3v) is 3.77. The molecule has 3 nitrogen and oxygen atoms in total. The molecule has 3 aromatic rings. The second kappa shape index (κ2) is 5.95. The molecular formula is C15H10BrClFN3. The summed E-state index contributed by atoms with van der Waals surface area (Å²) >= 11 is 9.17. The Kier molecular flexibility index (Phi) is 4.03. The summed E-state index contributed by atoms with van der Waals surface area (Å²) in [5, 5.41) is 8.15. The highest BCUT2D eigenvalue weighted by Gasteiger charge is 2.17. The predicted octanol–water partition coefficient (Wildman–Crippen LogP) is 4.57. The molecule has 0 unspecified atom stereocenters. The zero-order chi connectivity index (χ0) is 14.8. The molecule has 0 saturated heterocycles. The van der Waals surface area contributed by atoms with Gasteiger partial charge in [-0.05, 0) is 30.3 Å². The van der Waals surface area contributed by atoms with E-state index >= 15 is 0 Å². The second-order valence-electron chi connectivity index (χ2n) is 4.37. The molecule has 21 heavy (non-hydrogen) atoms. The number of hydrogen-bond donors (Lipinski definition) is 0. The van der Waals surface area contributed by atoms with E-state index in [1.54, 1.807) is 16.7 Å². The van der Waals surface area contributed by atoms with Crippen LogP contribution in [-0.2, 0) is 5.88 Å². The summed E-state index contributed by atoms with van der Waals surface area (Å²) < 4.78 is 16.6. The van der Waals surface area contributed by atoms with Crippen LogP contribution in [0.2, 0.25) is 0 Å². The Morgan fingerprint density at radius 3 is 2.52 bits per heavy atom. The zero-order valence-electron chi connectivity index (χ0n) is 10.8. The summed E-state index contributed by atoms with van der Waals surface area (Å²) in [6.45, 7) is 0. The second-order valence-corrected chi connectivity index (χ2v) is 5.55. The monoisotopic (exact) mass is 365 g/mol. The Morgan fingerprint density at radius 1 is 1.10 bits per heavy atom.